The van der Waals surface area contributed by atoms with Crippen LogP contribution in [0.25, 0.3) is 0 Å². The van der Waals surface area contributed by atoms with E-state index < -0.39 is 0 Å². The lowest BCUT2D eigenvalue weighted by molar-refractivity contribution is 1.00. The highest BCUT2D eigenvalue weighted by molar-refractivity contribution is 5.63. The molecule has 0 radical (unpaired) electrons. The molecule has 8 nitrogen and oxygen atoms in total. The van der Waals surface area contributed by atoms with E-state index in [0.29, 0.717) is 0 Å². The number of rotatable bonds is 4. The van der Waals surface area contributed by atoms with Crippen molar-refractivity contribution >= 4 is 0 Å². The van der Waals surface area contributed by atoms with E-state index in [9.17, 15) is 0 Å². The van der Waals surface area contributed by atoms with Crippen molar-refractivity contribution in [1.29, 1.82) is 0 Å². The van der Waals surface area contributed by atoms with E-state index in [-0.39, 0.29) is 0 Å². The maximum absolute atomic E-state index is 4.30. The third kappa shape index (κ3) is 4.80. The highest BCUT2D eigenvalue weighted by Gasteiger charge is 2.37. The Balaban J connectivity index is 1.30. The molecular weight excluding hydrogens is 592 g/mol. The lowest BCUT2D eigenvalue weighted by atomic mass is 9.93. The first kappa shape index (κ1) is 27.5. The molecule has 0 aromatic carbocycles. The van der Waals surface area contributed by atoms with E-state index >= 15 is 0 Å². The zero-order valence-corrected chi connectivity index (χ0v) is 25.6. The molecule has 0 saturated carbocycles. The molecule has 0 aliphatic carbocycles. The predicted molar refractivity (Wildman–Crippen MR) is 182 cm³/mol. The van der Waals surface area contributed by atoms with Crippen LogP contribution in [0.5, 0.6) is 0 Å². The van der Waals surface area contributed by atoms with Crippen molar-refractivity contribution in [1.82, 2.24) is 39.9 Å². The van der Waals surface area contributed by atoms with Crippen LogP contribution in [0.3, 0.4) is 0 Å². The minimum absolute atomic E-state index is 0.978. The van der Waals surface area contributed by atoms with Crippen LogP contribution in [0.2, 0.25) is 0 Å². The maximum Gasteiger partial charge on any atom is 0.126 e. The molecule has 0 spiro atoms. The third-order valence-electron chi connectivity index (χ3n) is 8.77. The summed E-state index contributed by atoms with van der Waals surface area (Å²) < 4.78 is 0. The molecule has 8 heteroatoms. The van der Waals surface area contributed by atoms with Crippen molar-refractivity contribution in [2.45, 2.75) is 0 Å². The van der Waals surface area contributed by atoms with E-state index in [0.717, 1.165) is 91.5 Å². The zero-order valence-electron chi connectivity index (χ0n) is 25.6. The van der Waals surface area contributed by atoms with E-state index in [1.54, 1.807) is 0 Å². The van der Waals surface area contributed by atoms with Crippen molar-refractivity contribution < 1.29 is 0 Å². The van der Waals surface area contributed by atoms with Gasteiger partial charge < -0.3 is 19.9 Å². The molecule has 8 aromatic rings. The summed E-state index contributed by atoms with van der Waals surface area (Å²) in [5, 5.41) is 0. The van der Waals surface area contributed by atoms with Gasteiger partial charge >= 0.3 is 0 Å². The molecule has 9 rings (SSSR count). The first-order valence-corrected chi connectivity index (χ1v) is 15.7. The summed E-state index contributed by atoms with van der Waals surface area (Å²) in [6.45, 7) is 0. The molecule has 1 aliphatic heterocycles. The van der Waals surface area contributed by atoms with Crippen LogP contribution >= 0.6 is 0 Å². The molecule has 48 heavy (non-hydrogen) atoms. The van der Waals surface area contributed by atoms with Crippen molar-refractivity contribution in [3.8, 4) is 0 Å². The summed E-state index contributed by atoms with van der Waals surface area (Å²) in [5.74, 6) is 4.16. The van der Waals surface area contributed by atoms with Gasteiger partial charge in [0.2, 0.25) is 0 Å². The Bertz CT molecular complexity index is 1860. The molecule has 9 heterocycles. The van der Waals surface area contributed by atoms with Crippen LogP contribution in [0.1, 0.15) is 67.8 Å². The topological polar surface area (TPSA) is 115 Å². The third-order valence-corrected chi connectivity index (χ3v) is 8.77. The van der Waals surface area contributed by atoms with Crippen molar-refractivity contribution in [3.63, 3.8) is 0 Å². The number of pyridine rings is 4. The summed E-state index contributed by atoms with van der Waals surface area (Å²) in [7, 11) is 0. The quantitative estimate of drug-likeness (QED) is 0.159. The average Bonchev–Trinajstić information content (AvgIpc) is 3.98. The minimum Gasteiger partial charge on any atom is -0.327 e. The molecule has 0 atom stereocenters. The minimum atomic E-state index is 0.978. The molecule has 0 amide bonds. The number of hydrogen-bond donors (Lipinski definition) is 4. The second-order valence-corrected chi connectivity index (χ2v) is 11.6. The zero-order chi connectivity index (χ0) is 31.9. The number of nitrogens with one attached hydrogen (secondary N) is 4. The molecule has 8 aromatic heterocycles. The summed E-state index contributed by atoms with van der Waals surface area (Å²) >= 11 is 0. The Morgan fingerprint density at radius 2 is 0.417 bits per heavy atom. The van der Waals surface area contributed by atoms with Gasteiger partial charge in [0.1, 0.15) is 69.2 Å². The van der Waals surface area contributed by atoms with Crippen LogP contribution in [-0.2, 0) is 0 Å². The second-order valence-electron chi connectivity index (χ2n) is 11.6. The fourth-order valence-corrected chi connectivity index (χ4v) is 6.65. The van der Waals surface area contributed by atoms with Crippen molar-refractivity contribution in [3.05, 3.63) is 238 Å². The van der Waals surface area contributed by atoms with Gasteiger partial charge in [-0.3, -0.25) is 0 Å². The summed E-state index contributed by atoms with van der Waals surface area (Å²) in [6, 6.07) is 33.5. The van der Waals surface area contributed by atoms with E-state index in [2.05, 4.69) is 88.4 Å². The van der Waals surface area contributed by atoms with Crippen LogP contribution < -0.4 is 0 Å². The molecule has 224 valence electrons. The lowest BCUT2D eigenvalue weighted by Gasteiger charge is -2.13. The number of hydrogen-bond acceptors (Lipinski definition) is 4. The summed E-state index contributed by atoms with van der Waals surface area (Å²) in [4.78, 5) is 32.4. The Morgan fingerprint density at radius 1 is 0.250 bits per heavy atom. The number of fused-ring (bicyclic) bond motifs is 8. The molecule has 4 N–H and O–H groups in total. The highest BCUT2D eigenvalue weighted by Crippen LogP contribution is 2.39. The monoisotopic (exact) mass is 620 g/mol. The fraction of sp³-hybridized carbons (Fsp3) is 0. The lowest BCUT2D eigenvalue weighted by Crippen LogP contribution is -2.12. The van der Waals surface area contributed by atoms with Gasteiger partial charge in [0.25, 0.3) is 0 Å². The second kappa shape index (κ2) is 11.5. The summed E-state index contributed by atoms with van der Waals surface area (Å²) in [6.07, 6.45) is 14.6. The van der Waals surface area contributed by atoms with Crippen molar-refractivity contribution in [2.24, 2.45) is 0 Å². The van der Waals surface area contributed by atoms with E-state index in [4.69, 9.17) is 0 Å². The molecule has 0 saturated heterocycles. The predicted octanol–water partition coefficient (Wildman–Crippen LogP) is 6.97. The van der Waals surface area contributed by atoms with Gasteiger partial charge in [-0.15, -0.1) is 0 Å². The van der Waals surface area contributed by atoms with Gasteiger partial charge in [-0.2, -0.15) is 0 Å². The molecule has 1 aliphatic rings. The molecular formula is C40H28N8+4. The highest BCUT2D eigenvalue weighted by atomic mass is 14.8. The van der Waals surface area contributed by atoms with Gasteiger partial charge in [-0.05, 0) is 0 Å². The van der Waals surface area contributed by atoms with Crippen LogP contribution in [0.15, 0.2) is 147 Å². The number of H-pyrrole nitrogens is 4. The Kier molecular flexibility index (Phi) is 6.61. The smallest absolute Gasteiger partial charge is 0.126 e. The van der Waals surface area contributed by atoms with Gasteiger partial charge in [-0.1, -0.05) is 0 Å². The Hall–Kier alpha value is -6.80. The molecule has 0 fully saturated rings. The van der Waals surface area contributed by atoms with Crippen LogP contribution in [0, 0.1) is 23.7 Å². The normalized spacial score (nSPS) is 12.8. The molecule has 0 unspecified atom stereocenters. The van der Waals surface area contributed by atoms with Gasteiger partial charge in [0.15, 0.2) is 0 Å². The van der Waals surface area contributed by atoms with Crippen molar-refractivity contribution in [2.75, 3.05) is 0 Å². The summed E-state index contributed by atoms with van der Waals surface area (Å²) in [5.41, 5.74) is 12.0. The largest absolute Gasteiger partial charge is 0.327 e. The van der Waals surface area contributed by atoms with Crippen LogP contribution in [0.4, 0.5) is 0 Å². The van der Waals surface area contributed by atoms with E-state index in [1.165, 1.54) is 0 Å². The SMILES string of the molecule is c1cc([C+]2c3ccc([nH]3)[C+](c3ccncc3)c3ccc([nH]3)[C+](c3ccncc3)c3ccc([nH]3)[C+](c3ccncc3)c3ccc2[nH]3)ccn1. The van der Waals surface area contributed by atoms with E-state index in [1.807, 2.05) is 98.1 Å². The number of aromatic nitrogens is 8. The maximum atomic E-state index is 4.30. The Morgan fingerprint density at radius 3 is 0.583 bits per heavy atom. The standard InChI is InChI=1S/C40H28N8/c1-2-30-38(26-11-19-42-20-12-26)32-5-6-34(47-32)40(28-15-23-44-24-16-28)36-8-7-35(48-36)39(27-13-21-43-22-14-27)33-4-3-31(46-33)37(29(1)45-30)25-9-17-41-18-10-25/h1-24,45-48H/q+4. The molecule has 8 bridgehead atoms. The number of aromatic amines is 4. The first-order chi connectivity index (χ1) is 23.8. The Labute approximate surface area is 277 Å². The number of nitrogens with zero attached hydrogens (tertiary/aromatic N) is 4. The average molecular weight is 621 g/mol. The van der Waals surface area contributed by atoms with Gasteiger partial charge in [0.05, 0.1) is 120 Å². The van der Waals surface area contributed by atoms with Gasteiger partial charge in [0, 0.05) is 48.5 Å². The van der Waals surface area contributed by atoms with Crippen LogP contribution in [-0.4, -0.2) is 39.9 Å². The fourth-order valence-electron chi connectivity index (χ4n) is 6.65. The van der Waals surface area contributed by atoms with Gasteiger partial charge in [-0.25, -0.2) is 19.9 Å². The first-order valence-electron chi connectivity index (χ1n) is 15.7.